The molecule has 2 amide bonds. The number of benzene rings is 3. The summed E-state index contributed by atoms with van der Waals surface area (Å²) in [6.45, 7) is 1.61. The van der Waals surface area contributed by atoms with Crippen LogP contribution < -0.4 is 34.3 Å². The summed E-state index contributed by atoms with van der Waals surface area (Å²) >= 11 is 6.60. The van der Waals surface area contributed by atoms with Gasteiger partial charge in [-0.1, -0.05) is 42.8 Å². The number of amides is 2. The molecule has 1 aliphatic carbocycles. The Labute approximate surface area is 286 Å². The van der Waals surface area contributed by atoms with Gasteiger partial charge in [0.05, 0.1) is 14.2 Å². The molecule has 3 aromatic carbocycles. The fraction of sp³-hybridized carbons (Fsp3) is 0.333. The van der Waals surface area contributed by atoms with Gasteiger partial charge >= 0.3 is 0 Å². The maximum absolute atomic E-state index is 14.4. The molecule has 0 saturated carbocycles. The molecule has 1 spiro atoms. The first-order valence-corrected chi connectivity index (χ1v) is 16.2. The summed E-state index contributed by atoms with van der Waals surface area (Å²) in [7, 11) is 2.77. The highest BCUT2D eigenvalue weighted by Gasteiger charge is 2.61. The standard InChI is InChI=1S/C36H33ClN2O10/c1-17-12-23(40)29(33(42)36(17)34(43)30-26(45-2)15-27(46-3)31(37)32(30)49-36)20(19-9-11-24-25(13-19)48-16-47-24)14-28(41)38-22-10-8-18-6-4-5-7-21(18)39-35(22)44/h4-7,9,11,13,15,17,20,22,42H,8,10,12,14,16H2,1-3H3,(H,38,41)(H,39,44)/t17-,20?,22?,36+/m1/s1. The number of aliphatic hydroxyl groups is 1. The van der Waals surface area contributed by atoms with Crippen molar-refractivity contribution in [3.05, 3.63) is 81.6 Å². The number of hydrogen-bond donors (Lipinski definition) is 3. The van der Waals surface area contributed by atoms with Gasteiger partial charge in [0.15, 0.2) is 28.8 Å². The first-order chi connectivity index (χ1) is 23.6. The molecule has 7 rings (SSSR count). The van der Waals surface area contributed by atoms with Crippen molar-refractivity contribution in [3.8, 4) is 28.7 Å². The van der Waals surface area contributed by atoms with Crippen LogP contribution in [0.2, 0.25) is 5.02 Å². The number of anilines is 1. The predicted octanol–water partition coefficient (Wildman–Crippen LogP) is 5.06. The van der Waals surface area contributed by atoms with Crippen LogP contribution >= 0.6 is 11.6 Å². The van der Waals surface area contributed by atoms with Gasteiger partial charge < -0.3 is 39.4 Å². The van der Waals surface area contributed by atoms with E-state index in [1.54, 1.807) is 31.2 Å². The van der Waals surface area contributed by atoms with Crippen molar-refractivity contribution in [2.24, 2.45) is 5.92 Å². The second-order valence-electron chi connectivity index (χ2n) is 12.4. The van der Waals surface area contributed by atoms with E-state index in [4.69, 9.17) is 35.3 Å². The van der Waals surface area contributed by atoms with Crippen LogP contribution in [0.4, 0.5) is 5.69 Å². The predicted molar refractivity (Wildman–Crippen MR) is 176 cm³/mol. The SMILES string of the molecule is COc1cc(OC)c2c(c1Cl)O[C@]1(C2=O)C(O)=C(C(CC(=O)NC2CCc3ccccc3NC2=O)c2ccc3c(c2)OCO3)C(=O)C[C@H]1C. The highest BCUT2D eigenvalue weighted by molar-refractivity contribution is 6.35. The quantitative estimate of drug-likeness (QED) is 0.306. The number of hydrogen-bond acceptors (Lipinski definition) is 10. The number of ketones is 2. The molecule has 0 aromatic heterocycles. The number of ether oxygens (including phenoxy) is 5. The van der Waals surface area contributed by atoms with Crippen LogP contribution in [0.15, 0.2) is 59.9 Å². The third-order valence-electron chi connectivity index (χ3n) is 9.68. The molecule has 4 atom stereocenters. The molecule has 0 bridgehead atoms. The molecule has 49 heavy (non-hydrogen) atoms. The van der Waals surface area contributed by atoms with Gasteiger partial charge in [0.1, 0.15) is 28.1 Å². The zero-order valence-electron chi connectivity index (χ0n) is 26.9. The van der Waals surface area contributed by atoms with Gasteiger partial charge in [-0.25, -0.2) is 0 Å². The molecule has 0 radical (unpaired) electrons. The maximum Gasteiger partial charge on any atom is 0.246 e. The molecule has 4 aliphatic rings. The van der Waals surface area contributed by atoms with Gasteiger partial charge in [-0.15, -0.1) is 0 Å². The lowest BCUT2D eigenvalue weighted by molar-refractivity contribution is -0.127. The average Bonchev–Trinajstić information content (AvgIpc) is 3.64. The van der Waals surface area contributed by atoms with E-state index in [1.165, 1.54) is 20.3 Å². The monoisotopic (exact) mass is 688 g/mol. The van der Waals surface area contributed by atoms with Gasteiger partial charge in [-0.05, 0) is 42.2 Å². The molecule has 3 aromatic rings. The summed E-state index contributed by atoms with van der Waals surface area (Å²) in [6.07, 6.45) is 0.351. The Hall–Kier alpha value is -5.23. The third kappa shape index (κ3) is 5.21. The van der Waals surface area contributed by atoms with Crippen molar-refractivity contribution in [3.63, 3.8) is 0 Å². The number of Topliss-reactive ketones (excluding diaryl/α,β-unsaturated/α-hetero) is 2. The van der Waals surface area contributed by atoms with Gasteiger partial charge in [0.25, 0.3) is 0 Å². The van der Waals surface area contributed by atoms with E-state index in [-0.39, 0.29) is 58.9 Å². The smallest absolute Gasteiger partial charge is 0.246 e. The number of aryl methyl sites for hydroxylation is 1. The van der Waals surface area contributed by atoms with Crippen molar-refractivity contribution >= 4 is 40.7 Å². The third-order valence-corrected chi connectivity index (χ3v) is 10.0. The molecule has 254 valence electrons. The van der Waals surface area contributed by atoms with Crippen molar-refractivity contribution in [1.82, 2.24) is 5.32 Å². The van der Waals surface area contributed by atoms with E-state index in [1.807, 2.05) is 18.2 Å². The normalized spacial score (nSPS) is 22.9. The summed E-state index contributed by atoms with van der Waals surface area (Å²) in [5.74, 6) is -3.48. The molecule has 0 fully saturated rings. The van der Waals surface area contributed by atoms with Crippen LogP contribution in [-0.2, 0) is 20.8 Å². The van der Waals surface area contributed by atoms with Crippen LogP contribution in [0.3, 0.4) is 0 Å². The second-order valence-corrected chi connectivity index (χ2v) is 12.8. The number of nitrogens with one attached hydrogen (secondary N) is 2. The van der Waals surface area contributed by atoms with E-state index in [0.29, 0.717) is 35.6 Å². The zero-order valence-corrected chi connectivity index (χ0v) is 27.6. The molecule has 3 N–H and O–H groups in total. The van der Waals surface area contributed by atoms with Crippen molar-refractivity contribution < 1.29 is 48.0 Å². The van der Waals surface area contributed by atoms with E-state index in [0.717, 1.165) is 5.56 Å². The molecule has 2 unspecified atom stereocenters. The summed E-state index contributed by atoms with van der Waals surface area (Å²) < 4.78 is 28.2. The topological polar surface area (TPSA) is 159 Å². The van der Waals surface area contributed by atoms with Crippen LogP contribution in [0.5, 0.6) is 28.7 Å². The minimum Gasteiger partial charge on any atom is -0.507 e. The maximum atomic E-state index is 14.4. The minimum atomic E-state index is -2.05. The second kappa shape index (κ2) is 12.3. The fourth-order valence-corrected chi connectivity index (χ4v) is 7.41. The molecular weight excluding hydrogens is 656 g/mol. The minimum absolute atomic E-state index is 0.00172. The largest absolute Gasteiger partial charge is 0.507 e. The molecule has 3 heterocycles. The van der Waals surface area contributed by atoms with Crippen molar-refractivity contribution in [2.75, 3.05) is 26.3 Å². The number of halogens is 1. The summed E-state index contributed by atoms with van der Waals surface area (Å²) in [5, 5.41) is 17.9. The van der Waals surface area contributed by atoms with E-state index in [9.17, 15) is 24.3 Å². The lowest BCUT2D eigenvalue weighted by Gasteiger charge is -2.38. The molecule has 0 saturated heterocycles. The molecule has 3 aliphatic heterocycles. The van der Waals surface area contributed by atoms with Gasteiger partial charge in [0, 0.05) is 42.0 Å². The number of carbonyl (C=O) groups excluding carboxylic acids is 4. The molecule has 13 heteroatoms. The molecular formula is C36H33ClN2O10. The van der Waals surface area contributed by atoms with Crippen molar-refractivity contribution in [2.45, 2.75) is 50.2 Å². The van der Waals surface area contributed by atoms with Gasteiger partial charge in [-0.3, -0.25) is 19.2 Å². The number of allylic oxidation sites excluding steroid dienone is 1. The Morgan fingerprint density at radius 1 is 1.08 bits per heavy atom. The van der Waals surface area contributed by atoms with Crippen LogP contribution in [0.25, 0.3) is 0 Å². The number of fused-ring (bicyclic) bond motifs is 3. The molecule has 12 nitrogen and oxygen atoms in total. The number of carbonyl (C=O) groups is 4. The van der Waals surface area contributed by atoms with Crippen LogP contribution in [0, 0.1) is 5.92 Å². The number of para-hydroxylation sites is 1. The Kier molecular flexibility index (Phi) is 8.14. The number of rotatable bonds is 7. The highest BCUT2D eigenvalue weighted by Crippen LogP contribution is 2.56. The fourth-order valence-electron chi connectivity index (χ4n) is 7.14. The average molecular weight is 689 g/mol. The summed E-state index contributed by atoms with van der Waals surface area (Å²) in [4.78, 5) is 55.3. The summed E-state index contributed by atoms with van der Waals surface area (Å²) in [6, 6.07) is 13.0. The first-order valence-electron chi connectivity index (χ1n) is 15.8. The van der Waals surface area contributed by atoms with Gasteiger partial charge in [0.2, 0.25) is 30.0 Å². The van der Waals surface area contributed by atoms with E-state index < -0.39 is 46.7 Å². The Balaban J connectivity index is 1.29. The zero-order chi connectivity index (χ0) is 34.6. The lowest BCUT2D eigenvalue weighted by atomic mass is 9.69. The summed E-state index contributed by atoms with van der Waals surface area (Å²) in [5.41, 5.74) is -0.151. The van der Waals surface area contributed by atoms with Crippen LogP contribution in [0.1, 0.15) is 53.6 Å². The lowest BCUT2D eigenvalue weighted by Crippen LogP contribution is -2.53. The van der Waals surface area contributed by atoms with E-state index in [2.05, 4.69) is 10.6 Å². The van der Waals surface area contributed by atoms with E-state index >= 15 is 0 Å². The number of methoxy groups -OCH3 is 2. The first kappa shape index (κ1) is 32.3. The van der Waals surface area contributed by atoms with Crippen molar-refractivity contribution in [1.29, 1.82) is 0 Å². The van der Waals surface area contributed by atoms with Crippen LogP contribution in [-0.4, -0.2) is 61.1 Å². The Morgan fingerprint density at radius 2 is 1.84 bits per heavy atom. The highest BCUT2D eigenvalue weighted by atomic mass is 35.5. The number of aliphatic hydroxyl groups excluding tert-OH is 1. The van der Waals surface area contributed by atoms with Gasteiger partial charge in [-0.2, -0.15) is 0 Å². The Bertz CT molecular complexity index is 1960. The Morgan fingerprint density at radius 3 is 2.61 bits per heavy atom.